The zero-order valence-corrected chi connectivity index (χ0v) is 15.3. The number of hydrogen-bond donors (Lipinski definition) is 1. The molecule has 2 aliphatic heterocycles. The van der Waals surface area contributed by atoms with Crippen LogP contribution in [0.25, 0.3) is 0 Å². The minimum absolute atomic E-state index is 0. The zero-order valence-electron chi connectivity index (χ0n) is 13.7. The summed E-state index contributed by atoms with van der Waals surface area (Å²) >= 11 is 0. The van der Waals surface area contributed by atoms with Crippen LogP contribution in [0.2, 0.25) is 0 Å². The number of rotatable bonds is 5. The molecule has 8 heteroatoms. The number of hydrogen-bond acceptors (Lipinski definition) is 4. The first-order valence-electron chi connectivity index (χ1n) is 8.32. The number of nitrogens with zero attached hydrogens (tertiary/aromatic N) is 3. The Bertz CT molecular complexity index is 585. The summed E-state index contributed by atoms with van der Waals surface area (Å²) in [5.41, 5.74) is 0. The third-order valence-electron chi connectivity index (χ3n) is 4.87. The minimum Gasteiger partial charge on any atom is -0.333 e. The first kappa shape index (κ1) is 18.7. The number of imidazole rings is 1. The molecular formula is C15H27ClN4O2S. The molecule has 6 nitrogen and oxygen atoms in total. The first-order chi connectivity index (χ1) is 10.6. The Hall–Kier alpha value is -0.630. The van der Waals surface area contributed by atoms with Gasteiger partial charge in [0, 0.05) is 32.3 Å². The van der Waals surface area contributed by atoms with Crippen LogP contribution in [0.4, 0.5) is 0 Å². The number of fused-ring (bicyclic) bond motifs is 1. The topological polar surface area (TPSA) is 67.2 Å². The maximum Gasteiger partial charge on any atom is 0.262 e. The molecule has 0 saturated carbocycles. The molecule has 1 fully saturated rings. The van der Waals surface area contributed by atoms with Crippen molar-refractivity contribution in [1.29, 1.82) is 0 Å². The van der Waals surface area contributed by atoms with Crippen molar-refractivity contribution >= 4 is 22.4 Å². The second-order valence-electron chi connectivity index (χ2n) is 6.39. The van der Waals surface area contributed by atoms with E-state index in [1.54, 1.807) is 10.5 Å². The van der Waals surface area contributed by atoms with Gasteiger partial charge in [0.2, 0.25) is 0 Å². The summed E-state index contributed by atoms with van der Waals surface area (Å²) in [5.74, 6) is 1.56. The third-order valence-corrected chi connectivity index (χ3v) is 6.64. The fourth-order valence-corrected chi connectivity index (χ4v) is 4.87. The summed E-state index contributed by atoms with van der Waals surface area (Å²) in [6.07, 6.45) is 7.87. The van der Waals surface area contributed by atoms with Crippen molar-refractivity contribution in [3.63, 3.8) is 0 Å². The van der Waals surface area contributed by atoms with Gasteiger partial charge in [-0.2, -0.15) is 4.31 Å². The van der Waals surface area contributed by atoms with Crippen LogP contribution in [-0.2, 0) is 23.0 Å². The minimum atomic E-state index is -3.41. The molecule has 3 heterocycles. The molecule has 1 aromatic heterocycles. The molecule has 132 valence electrons. The van der Waals surface area contributed by atoms with Crippen molar-refractivity contribution in [1.82, 2.24) is 19.2 Å². The van der Waals surface area contributed by atoms with Crippen LogP contribution >= 0.6 is 12.4 Å². The van der Waals surface area contributed by atoms with Crippen molar-refractivity contribution in [2.75, 3.05) is 26.7 Å². The molecule has 0 bridgehead atoms. The smallest absolute Gasteiger partial charge is 0.262 e. The number of sulfonamides is 1. The Morgan fingerprint density at radius 1 is 1.26 bits per heavy atom. The second-order valence-corrected chi connectivity index (χ2v) is 8.27. The van der Waals surface area contributed by atoms with Gasteiger partial charge in [-0.25, -0.2) is 13.4 Å². The van der Waals surface area contributed by atoms with E-state index in [0.29, 0.717) is 19.0 Å². The highest BCUT2D eigenvalue weighted by Crippen LogP contribution is 2.26. The van der Waals surface area contributed by atoms with Crippen molar-refractivity contribution in [2.24, 2.45) is 5.92 Å². The highest BCUT2D eigenvalue weighted by molar-refractivity contribution is 7.89. The molecule has 0 radical (unpaired) electrons. The lowest BCUT2D eigenvalue weighted by Gasteiger charge is -2.30. The van der Waals surface area contributed by atoms with Crippen LogP contribution in [0.15, 0.2) is 11.2 Å². The average molecular weight is 363 g/mol. The van der Waals surface area contributed by atoms with Crippen LogP contribution < -0.4 is 5.32 Å². The van der Waals surface area contributed by atoms with Gasteiger partial charge in [0.15, 0.2) is 5.03 Å². The van der Waals surface area contributed by atoms with E-state index in [2.05, 4.69) is 10.3 Å². The fraction of sp³-hybridized carbons (Fsp3) is 0.800. The Morgan fingerprint density at radius 3 is 2.65 bits per heavy atom. The summed E-state index contributed by atoms with van der Waals surface area (Å²) in [4.78, 5) is 4.39. The standard InChI is InChI=1S/C15H26N4O2S.ClH/c1-16-8-5-13-6-10-19(11-7-13)22(20,21)15-12-18-9-3-2-4-14(18)17-15;/h12-13,16H,2-11H2,1H3;1H. The molecule has 2 aliphatic rings. The quantitative estimate of drug-likeness (QED) is 0.864. The van der Waals surface area contributed by atoms with E-state index in [0.717, 1.165) is 57.4 Å². The van der Waals surface area contributed by atoms with Crippen LogP contribution in [0, 0.1) is 5.92 Å². The summed E-state index contributed by atoms with van der Waals surface area (Å²) in [7, 11) is -1.46. The molecular weight excluding hydrogens is 336 g/mol. The summed E-state index contributed by atoms with van der Waals surface area (Å²) in [6, 6.07) is 0. The molecule has 1 aromatic rings. The summed E-state index contributed by atoms with van der Waals surface area (Å²) in [6.45, 7) is 3.15. The van der Waals surface area contributed by atoms with Gasteiger partial charge in [0.1, 0.15) is 5.82 Å². The van der Waals surface area contributed by atoms with Crippen LogP contribution in [0.5, 0.6) is 0 Å². The maximum absolute atomic E-state index is 12.8. The summed E-state index contributed by atoms with van der Waals surface area (Å²) < 4.78 is 29.2. The van der Waals surface area contributed by atoms with Gasteiger partial charge in [0.25, 0.3) is 10.0 Å². The van der Waals surface area contributed by atoms with E-state index in [-0.39, 0.29) is 17.4 Å². The summed E-state index contributed by atoms with van der Waals surface area (Å²) in [5, 5.41) is 3.41. The van der Waals surface area contributed by atoms with Gasteiger partial charge in [-0.05, 0) is 51.6 Å². The Kier molecular flexibility index (Phi) is 6.48. The normalized spacial score (nSPS) is 20.0. The molecule has 23 heavy (non-hydrogen) atoms. The molecule has 0 atom stereocenters. The fourth-order valence-electron chi connectivity index (χ4n) is 3.43. The number of halogens is 1. The van der Waals surface area contributed by atoms with Gasteiger partial charge < -0.3 is 9.88 Å². The van der Waals surface area contributed by atoms with Gasteiger partial charge >= 0.3 is 0 Å². The molecule has 0 unspecified atom stereocenters. The van der Waals surface area contributed by atoms with Crippen molar-refractivity contribution in [3.8, 4) is 0 Å². The lowest BCUT2D eigenvalue weighted by atomic mass is 9.95. The molecule has 0 spiro atoms. The molecule has 3 rings (SSSR count). The monoisotopic (exact) mass is 362 g/mol. The van der Waals surface area contributed by atoms with Gasteiger partial charge in [-0.1, -0.05) is 0 Å². The lowest BCUT2D eigenvalue weighted by Crippen LogP contribution is -2.39. The van der Waals surface area contributed by atoms with E-state index < -0.39 is 10.0 Å². The maximum atomic E-state index is 12.8. The van der Waals surface area contributed by atoms with E-state index in [1.807, 2.05) is 11.6 Å². The molecule has 0 amide bonds. The van der Waals surface area contributed by atoms with Crippen LogP contribution in [-0.4, -0.2) is 49.0 Å². The SMILES string of the molecule is CNCCC1CCN(S(=O)(=O)c2cn3c(n2)CCCC3)CC1.Cl. The van der Waals surface area contributed by atoms with Gasteiger partial charge in [-0.15, -0.1) is 12.4 Å². The number of nitrogens with one attached hydrogen (secondary N) is 1. The number of aromatic nitrogens is 2. The average Bonchev–Trinajstić information content (AvgIpc) is 2.98. The van der Waals surface area contributed by atoms with Crippen molar-refractivity contribution < 1.29 is 8.42 Å². The molecule has 0 aliphatic carbocycles. The Morgan fingerprint density at radius 2 is 2.00 bits per heavy atom. The van der Waals surface area contributed by atoms with E-state index in [4.69, 9.17) is 0 Å². The lowest BCUT2D eigenvalue weighted by molar-refractivity contribution is 0.262. The van der Waals surface area contributed by atoms with Crippen LogP contribution in [0.1, 0.15) is 37.9 Å². The predicted octanol–water partition coefficient (Wildman–Crippen LogP) is 1.65. The Labute approximate surface area is 145 Å². The van der Waals surface area contributed by atoms with Crippen LogP contribution in [0.3, 0.4) is 0 Å². The second kappa shape index (κ2) is 7.96. The zero-order chi connectivity index (χ0) is 15.6. The van der Waals surface area contributed by atoms with Crippen molar-refractivity contribution in [3.05, 3.63) is 12.0 Å². The Balaban J connectivity index is 0.00000192. The van der Waals surface area contributed by atoms with Gasteiger partial charge in [0.05, 0.1) is 0 Å². The van der Waals surface area contributed by atoms with E-state index in [1.165, 1.54) is 0 Å². The van der Waals surface area contributed by atoms with E-state index in [9.17, 15) is 8.42 Å². The molecule has 0 aromatic carbocycles. The highest BCUT2D eigenvalue weighted by atomic mass is 35.5. The third kappa shape index (κ3) is 4.07. The van der Waals surface area contributed by atoms with Gasteiger partial charge in [-0.3, -0.25) is 0 Å². The largest absolute Gasteiger partial charge is 0.333 e. The highest BCUT2D eigenvalue weighted by Gasteiger charge is 2.31. The first-order valence-corrected chi connectivity index (χ1v) is 9.76. The number of aryl methyl sites for hydroxylation is 2. The van der Waals surface area contributed by atoms with Crippen molar-refractivity contribution in [2.45, 2.75) is 50.1 Å². The molecule has 1 N–H and O–H groups in total. The van der Waals surface area contributed by atoms with E-state index >= 15 is 0 Å². The molecule has 1 saturated heterocycles. The number of piperidine rings is 1. The predicted molar refractivity (Wildman–Crippen MR) is 92.4 cm³/mol.